The van der Waals surface area contributed by atoms with Gasteiger partial charge in [0, 0.05) is 24.0 Å². The predicted molar refractivity (Wildman–Crippen MR) is 81.4 cm³/mol. The maximum Gasteiger partial charge on any atom is 0.341 e. The fourth-order valence-corrected chi connectivity index (χ4v) is 2.68. The van der Waals surface area contributed by atoms with Crippen molar-refractivity contribution < 1.29 is 18.7 Å². The number of carbonyl (C=O) groups is 2. The van der Waals surface area contributed by atoms with Crippen LogP contribution in [0.3, 0.4) is 0 Å². The van der Waals surface area contributed by atoms with Gasteiger partial charge in [0.15, 0.2) is 0 Å². The van der Waals surface area contributed by atoms with Crippen molar-refractivity contribution in [3.05, 3.63) is 34.9 Å². The molecular formula is C16H19ClFNO3. The smallest absolute Gasteiger partial charge is 0.341 e. The van der Waals surface area contributed by atoms with Crippen molar-refractivity contribution in [1.29, 1.82) is 0 Å². The van der Waals surface area contributed by atoms with Crippen molar-refractivity contribution in [2.75, 3.05) is 19.7 Å². The summed E-state index contributed by atoms with van der Waals surface area (Å²) >= 11 is 5.80. The van der Waals surface area contributed by atoms with E-state index in [0.29, 0.717) is 18.0 Å². The largest absolute Gasteiger partial charge is 0.464 e. The van der Waals surface area contributed by atoms with E-state index in [9.17, 15) is 14.0 Å². The molecule has 1 saturated heterocycles. The minimum atomic E-state index is -1.66. The molecule has 1 aliphatic rings. The van der Waals surface area contributed by atoms with Crippen molar-refractivity contribution in [1.82, 2.24) is 4.90 Å². The molecule has 1 aliphatic heterocycles. The number of ether oxygens (including phenoxy) is 1. The molecule has 2 atom stereocenters. The van der Waals surface area contributed by atoms with E-state index in [1.807, 2.05) is 0 Å². The zero-order valence-electron chi connectivity index (χ0n) is 12.4. The number of rotatable bonds is 5. The Kier molecular flexibility index (Phi) is 5.77. The van der Waals surface area contributed by atoms with E-state index in [-0.39, 0.29) is 25.5 Å². The second-order valence-electron chi connectivity index (χ2n) is 5.35. The standard InChI is InChI=1S/C16H19ClFNO3/c1-2-22-16(21)15(18)12-7-8-19(10-12)14(20)9-11-3-5-13(17)6-4-11/h3-6,12,15H,2,7-10H2,1H3. The number of esters is 1. The third-order valence-electron chi connectivity index (χ3n) is 3.77. The summed E-state index contributed by atoms with van der Waals surface area (Å²) in [6.45, 7) is 2.52. The van der Waals surface area contributed by atoms with Gasteiger partial charge in [-0.2, -0.15) is 0 Å². The van der Waals surface area contributed by atoms with Crippen LogP contribution >= 0.6 is 11.6 Å². The van der Waals surface area contributed by atoms with Gasteiger partial charge in [0.2, 0.25) is 12.1 Å². The van der Waals surface area contributed by atoms with Gasteiger partial charge in [-0.05, 0) is 31.0 Å². The van der Waals surface area contributed by atoms with Crippen molar-refractivity contribution in [3.63, 3.8) is 0 Å². The van der Waals surface area contributed by atoms with E-state index in [0.717, 1.165) is 5.56 Å². The Balaban J connectivity index is 1.88. The highest BCUT2D eigenvalue weighted by atomic mass is 35.5. The molecule has 1 heterocycles. The molecule has 0 saturated carbocycles. The number of benzene rings is 1. The summed E-state index contributed by atoms with van der Waals surface area (Å²) in [5, 5.41) is 0.618. The molecule has 0 spiro atoms. The number of hydrogen-bond acceptors (Lipinski definition) is 3. The summed E-state index contributed by atoms with van der Waals surface area (Å²) < 4.78 is 18.7. The van der Waals surface area contributed by atoms with Crippen LogP contribution in [0.1, 0.15) is 18.9 Å². The van der Waals surface area contributed by atoms with Crippen LogP contribution in [0.5, 0.6) is 0 Å². The number of carbonyl (C=O) groups excluding carboxylic acids is 2. The second kappa shape index (κ2) is 7.58. The van der Waals surface area contributed by atoms with Gasteiger partial charge >= 0.3 is 5.97 Å². The normalized spacial score (nSPS) is 19.0. The molecule has 0 N–H and O–H groups in total. The molecule has 2 unspecified atom stereocenters. The molecular weight excluding hydrogens is 309 g/mol. The summed E-state index contributed by atoms with van der Waals surface area (Å²) in [6, 6.07) is 7.05. The first kappa shape index (κ1) is 16.7. The van der Waals surface area contributed by atoms with Crippen LogP contribution < -0.4 is 0 Å². The highest BCUT2D eigenvalue weighted by Crippen LogP contribution is 2.23. The van der Waals surface area contributed by atoms with Gasteiger partial charge in [0.25, 0.3) is 0 Å². The zero-order chi connectivity index (χ0) is 16.1. The summed E-state index contributed by atoms with van der Waals surface area (Å²) in [5.74, 6) is -1.38. The lowest BCUT2D eigenvalue weighted by molar-refractivity contribution is -0.151. The van der Waals surface area contributed by atoms with Gasteiger partial charge in [-0.25, -0.2) is 9.18 Å². The van der Waals surface area contributed by atoms with E-state index in [2.05, 4.69) is 4.74 Å². The maximum absolute atomic E-state index is 14.0. The van der Waals surface area contributed by atoms with E-state index in [1.54, 1.807) is 36.1 Å². The Morgan fingerprint density at radius 3 is 2.73 bits per heavy atom. The first-order valence-electron chi connectivity index (χ1n) is 7.34. The SMILES string of the molecule is CCOC(=O)C(F)C1CCN(C(=O)Cc2ccc(Cl)cc2)C1. The molecule has 1 aromatic rings. The van der Waals surface area contributed by atoms with Crippen LogP contribution in [0.15, 0.2) is 24.3 Å². The molecule has 120 valence electrons. The van der Waals surface area contributed by atoms with Crippen LogP contribution in [0, 0.1) is 5.92 Å². The number of alkyl halides is 1. The van der Waals surface area contributed by atoms with Crippen LogP contribution in [0.2, 0.25) is 5.02 Å². The summed E-state index contributed by atoms with van der Waals surface area (Å²) in [4.78, 5) is 25.2. The first-order chi connectivity index (χ1) is 10.5. The fourth-order valence-electron chi connectivity index (χ4n) is 2.56. The summed E-state index contributed by atoms with van der Waals surface area (Å²) in [5.41, 5.74) is 0.861. The minimum absolute atomic E-state index is 0.0686. The van der Waals surface area contributed by atoms with E-state index in [1.165, 1.54) is 0 Å². The van der Waals surface area contributed by atoms with Gasteiger partial charge in [-0.1, -0.05) is 23.7 Å². The summed E-state index contributed by atoms with van der Waals surface area (Å²) in [7, 11) is 0. The van der Waals surface area contributed by atoms with E-state index in [4.69, 9.17) is 11.6 Å². The average molecular weight is 328 g/mol. The predicted octanol–water partition coefficient (Wildman–Crippen LogP) is 2.63. The van der Waals surface area contributed by atoms with Gasteiger partial charge in [0.05, 0.1) is 13.0 Å². The highest BCUT2D eigenvalue weighted by molar-refractivity contribution is 6.30. The second-order valence-corrected chi connectivity index (χ2v) is 5.78. The molecule has 6 heteroatoms. The molecule has 2 rings (SSSR count). The topological polar surface area (TPSA) is 46.6 Å². The van der Waals surface area contributed by atoms with Crippen molar-refractivity contribution in [2.45, 2.75) is 25.9 Å². The first-order valence-corrected chi connectivity index (χ1v) is 7.72. The van der Waals surface area contributed by atoms with Crippen LogP contribution in [0.25, 0.3) is 0 Å². The highest BCUT2D eigenvalue weighted by Gasteiger charge is 2.36. The fraction of sp³-hybridized carbons (Fsp3) is 0.500. The Morgan fingerprint density at radius 2 is 2.09 bits per heavy atom. The average Bonchev–Trinajstić information content (AvgIpc) is 2.99. The lowest BCUT2D eigenvalue weighted by Crippen LogP contribution is -2.33. The third-order valence-corrected chi connectivity index (χ3v) is 4.02. The molecule has 0 aromatic heterocycles. The van der Waals surface area contributed by atoms with Crippen LogP contribution in [-0.4, -0.2) is 42.6 Å². The van der Waals surface area contributed by atoms with Gasteiger partial charge in [0.1, 0.15) is 0 Å². The van der Waals surface area contributed by atoms with Crippen molar-refractivity contribution in [3.8, 4) is 0 Å². The van der Waals surface area contributed by atoms with E-state index >= 15 is 0 Å². The van der Waals surface area contributed by atoms with Gasteiger partial charge in [-0.3, -0.25) is 4.79 Å². The monoisotopic (exact) mass is 327 g/mol. The van der Waals surface area contributed by atoms with Crippen LogP contribution in [0.4, 0.5) is 4.39 Å². The Labute approximate surface area is 134 Å². The molecule has 4 nitrogen and oxygen atoms in total. The Morgan fingerprint density at radius 1 is 1.41 bits per heavy atom. The number of likely N-dealkylation sites (tertiary alicyclic amines) is 1. The molecule has 0 bridgehead atoms. The third kappa shape index (κ3) is 4.19. The minimum Gasteiger partial charge on any atom is -0.464 e. The zero-order valence-corrected chi connectivity index (χ0v) is 13.2. The van der Waals surface area contributed by atoms with Crippen molar-refractivity contribution in [2.24, 2.45) is 5.92 Å². The van der Waals surface area contributed by atoms with Crippen molar-refractivity contribution >= 4 is 23.5 Å². The Hall–Kier alpha value is -1.62. The number of halogens is 2. The van der Waals surface area contributed by atoms with Gasteiger partial charge in [-0.15, -0.1) is 0 Å². The Bertz CT molecular complexity index is 535. The lowest BCUT2D eigenvalue weighted by Gasteiger charge is -2.18. The molecule has 0 aliphatic carbocycles. The number of amides is 1. The molecule has 1 fully saturated rings. The number of hydrogen-bond donors (Lipinski definition) is 0. The van der Waals surface area contributed by atoms with E-state index < -0.39 is 18.1 Å². The molecule has 22 heavy (non-hydrogen) atoms. The summed E-state index contributed by atoms with van der Waals surface area (Å²) in [6.07, 6.45) is -0.930. The maximum atomic E-state index is 14.0. The molecule has 1 amide bonds. The quantitative estimate of drug-likeness (QED) is 0.781. The van der Waals surface area contributed by atoms with Crippen LogP contribution in [-0.2, 0) is 20.7 Å². The van der Waals surface area contributed by atoms with Gasteiger partial charge < -0.3 is 9.64 Å². The lowest BCUT2D eigenvalue weighted by atomic mass is 10.0. The molecule has 0 radical (unpaired) electrons. The molecule has 1 aromatic carbocycles. The number of nitrogens with zero attached hydrogens (tertiary/aromatic N) is 1.